The van der Waals surface area contributed by atoms with E-state index in [0.29, 0.717) is 18.2 Å². The number of nitrogens with one attached hydrogen (secondary N) is 1. The zero-order valence-corrected chi connectivity index (χ0v) is 14.5. The van der Waals surface area contributed by atoms with Crippen molar-refractivity contribution in [1.29, 1.82) is 0 Å². The molecule has 0 aromatic carbocycles. The fraction of sp³-hybridized carbons (Fsp3) is 0.368. The maximum Gasteiger partial charge on any atom is 0.230 e. The zero-order valence-electron chi connectivity index (χ0n) is 14.5. The Balaban J connectivity index is 2.21. The Bertz CT molecular complexity index is 758. The van der Waals surface area contributed by atoms with E-state index in [-0.39, 0.29) is 5.91 Å². The topological polar surface area (TPSA) is 59.2 Å². The van der Waals surface area contributed by atoms with E-state index in [0.717, 1.165) is 16.8 Å². The van der Waals surface area contributed by atoms with Gasteiger partial charge in [-0.3, -0.25) is 14.8 Å². The van der Waals surface area contributed by atoms with Gasteiger partial charge in [-0.1, -0.05) is 19.9 Å². The van der Waals surface area contributed by atoms with Gasteiger partial charge in [-0.15, -0.1) is 0 Å². The number of hydrogen-bond acceptors (Lipinski definition) is 3. The normalized spacial score (nSPS) is 11.2. The molecule has 1 N–H and O–H groups in total. The van der Waals surface area contributed by atoms with E-state index >= 15 is 0 Å². The van der Waals surface area contributed by atoms with Gasteiger partial charge in [0.2, 0.25) is 11.6 Å². The van der Waals surface area contributed by atoms with E-state index in [1.807, 2.05) is 26.0 Å². The molecule has 2 rings (SSSR count). The highest BCUT2D eigenvalue weighted by molar-refractivity contribution is 5.87. The fourth-order valence-corrected chi connectivity index (χ4v) is 2.21. The zero-order chi connectivity index (χ0) is 17.7. The second-order valence-electron chi connectivity index (χ2n) is 6.70. The van der Waals surface area contributed by atoms with Crippen LogP contribution in [0.25, 0.3) is 16.1 Å². The Kier molecular flexibility index (Phi) is 5.30. The summed E-state index contributed by atoms with van der Waals surface area (Å²) in [7, 11) is 0. The van der Waals surface area contributed by atoms with E-state index in [1.165, 1.54) is 6.20 Å². The lowest BCUT2D eigenvalue weighted by Gasteiger charge is -2.24. The maximum atomic E-state index is 12.4. The number of nitrogens with zero attached hydrogens (tertiary/aromatic N) is 3. The molecule has 0 aliphatic rings. The van der Waals surface area contributed by atoms with Gasteiger partial charge in [0.1, 0.15) is 0 Å². The van der Waals surface area contributed by atoms with Crippen molar-refractivity contribution in [3.05, 3.63) is 53.8 Å². The molecule has 0 unspecified atom stereocenters. The van der Waals surface area contributed by atoms with Crippen LogP contribution in [0, 0.1) is 12.5 Å². The van der Waals surface area contributed by atoms with Crippen molar-refractivity contribution in [1.82, 2.24) is 15.3 Å². The van der Waals surface area contributed by atoms with Gasteiger partial charge in [0.25, 0.3) is 0 Å². The van der Waals surface area contributed by atoms with Gasteiger partial charge in [-0.25, -0.2) is 4.85 Å². The van der Waals surface area contributed by atoms with Crippen LogP contribution in [0.3, 0.4) is 0 Å². The summed E-state index contributed by atoms with van der Waals surface area (Å²) in [6.07, 6.45) is 4.92. The summed E-state index contributed by atoms with van der Waals surface area (Å²) in [5.74, 6) is 0.398. The Morgan fingerprint density at radius 1 is 1.29 bits per heavy atom. The third-order valence-electron chi connectivity index (χ3n) is 3.87. The molecule has 0 atom stereocenters. The lowest BCUT2D eigenvalue weighted by atomic mass is 9.84. The van der Waals surface area contributed by atoms with Crippen LogP contribution in [0.4, 0.5) is 5.69 Å². The third kappa shape index (κ3) is 3.96. The van der Waals surface area contributed by atoms with Gasteiger partial charge in [-0.05, 0) is 37.5 Å². The van der Waals surface area contributed by atoms with Gasteiger partial charge < -0.3 is 5.32 Å². The minimum atomic E-state index is -0.656. The van der Waals surface area contributed by atoms with Crippen LogP contribution in [-0.2, 0) is 10.2 Å². The first-order valence-electron chi connectivity index (χ1n) is 7.92. The molecule has 0 saturated carbocycles. The molecular weight excluding hydrogens is 300 g/mol. The summed E-state index contributed by atoms with van der Waals surface area (Å²) in [5, 5.41) is 2.97. The lowest BCUT2D eigenvalue weighted by molar-refractivity contribution is -0.125. The Morgan fingerprint density at radius 3 is 2.62 bits per heavy atom. The summed E-state index contributed by atoms with van der Waals surface area (Å²) in [6.45, 7) is 15.6. The van der Waals surface area contributed by atoms with E-state index < -0.39 is 5.41 Å². The Morgan fingerprint density at radius 2 is 2.04 bits per heavy atom. The third-order valence-corrected chi connectivity index (χ3v) is 3.87. The lowest BCUT2D eigenvalue weighted by Crippen LogP contribution is -2.41. The molecule has 0 spiro atoms. The summed E-state index contributed by atoms with van der Waals surface area (Å²) in [4.78, 5) is 24.3. The molecule has 2 heterocycles. The molecule has 24 heavy (non-hydrogen) atoms. The van der Waals surface area contributed by atoms with E-state index in [9.17, 15) is 4.79 Å². The second-order valence-corrected chi connectivity index (χ2v) is 6.70. The standard InChI is InChI=1S/C19H22N4O/c1-13(2)9-23-18(24)19(3,4)15-6-7-17(22-11-15)14-8-16(20-5)12-21-10-14/h6-8,10-13H,9H2,1-4H3,(H,23,24). The van der Waals surface area contributed by atoms with Crippen molar-refractivity contribution < 1.29 is 4.79 Å². The van der Waals surface area contributed by atoms with Gasteiger partial charge in [0.05, 0.1) is 17.7 Å². The minimum Gasteiger partial charge on any atom is -0.355 e. The Labute approximate surface area is 143 Å². The van der Waals surface area contributed by atoms with Crippen LogP contribution < -0.4 is 5.32 Å². The first-order chi connectivity index (χ1) is 11.3. The summed E-state index contributed by atoms with van der Waals surface area (Å²) >= 11 is 0. The van der Waals surface area contributed by atoms with Crippen molar-refractivity contribution in [2.24, 2.45) is 5.92 Å². The average molecular weight is 322 g/mol. The monoisotopic (exact) mass is 322 g/mol. The number of aromatic nitrogens is 2. The fourth-order valence-electron chi connectivity index (χ4n) is 2.21. The van der Waals surface area contributed by atoms with Crippen molar-refractivity contribution in [2.45, 2.75) is 33.1 Å². The maximum absolute atomic E-state index is 12.4. The SMILES string of the molecule is [C-]#[N+]c1cncc(-c2ccc(C(C)(C)C(=O)NCC(C)C)cn2)c1. The number of hydrogen-bond donors (Lipinski definition) is 1. The summed E-state index contributed by atoms with van der Waals surface area (Å²) < 4.78 is 0. The highest BCUT2D eigenvalue weighted by atomic mass is 16.2. The smallest absolute Gasteiger partial charge is 0.230 e. The number of pyridine rings is 2. The van der Waals surface area contributed by atoms with Crippen molar-refractivity contribution in [2.75, 3.05) is 6.54 Å². The number of rotatable bonds is 5. The molecule has 0 aliphatic heterocycles. The van der Waals surface area contributed by atoms with E-state index in [2.05, 4.69) is 34.0 Å². The highest BCUT2D eigenvalue weighted by Gasteiger charge is 2.30. The highest BCUT2D eigenvalue weighted by Crippen LogP contribution is 2.26. The van der Waals surface area contributed by atoms with Crippen LogP contribution in [0.15, 0.2) is 36.8 Å². The van der Waals surface area contributed by atoms with Crippen LogP contribution in [0.1, 0.15) is 33.3 Å². The number of carbonyl (C=O) groups excluding carboxylic acids is 1. The molecule has 2 aromatic rings. The van der Waals surface area contributed by atoms with Gasteiger partial charge in [0, 0.05) is 30.7 Å². The molecule has 0 saturated heterocycles. The van der Waals surface area contributed by atoms with Crippen molar-refractivity contribution >= 4 is 11.6 Å². The van der Waals surface area contributed by atoms with Crippen LogP contribution in [0.5, 0.6) is 0 Å². The van der Waals surface area contributed by atoms with Crippen molar-refractivity contribution in [3.63, 3.8) is 0 Å². The first-order valence-corrected chi connectivity index (χ1v) is 7.92. The van der Waals surface area contributed by atoms with Crippen LogP contribution in [0.2, 0.25) is 0 Å². The second kappa shape index (κ2) is 7.22. The largest absolute Gasteiger partial charge is 0.355 e. The molecule has 0 aliphatic carbocycles. The molecule has 5 nitrogen and oxygen atoms in total. The summed E-state index contributed by atoms with van der Waals surface area (Å²) in [5.41, 5.74) is 2.19. The molecule has 0 radical (unpaired) electrons. The molecule has 0 fully saturated rings. The molecule has 1 amide bonds. The van der Waals surface area contributed by atoms with Crippen LogP contribution >= 0.6 is 0 Å². The molecule has 5 heteroatoms. The molecule has 2 aromatic heterocycles. The average Bonchev–Trinajstić information content (AvgIpc) is 2.59. The molecule has 124 valence electrons. The first kappa shape index (κ1) is 17.6. The van der Waals surface area contributed by atoms with E-state index in [1.54, 1.807) is 18.5 Å². The minimum absolute atomic E-state index is 0.0116. The number of amides is 1. The molecule has 0 bridgehead atoms. The van der Waals surface area contributed by atoms with Gasteiger partial charge in [0.15, 0.2) is 0 Å². The predicted octanol–water partition coefficient (Wildman–Crippen LogP) is 3.74. The van der Waals surface area contributed by atoms with Crippen LogP contribution in [-0.4, -0.2) is 22.4 Å². The molecular formula is C19H22N4O. The number of carbonyl (C=O) groups is 1. The van der Waals surface area contributed by atoms with Gasteiger partial charge >= 0.3 is 0 Å². The van der Waals surface area contributed by atoms with Crippen molar-refractivity contribution in [3.8, 4) is 11.3 Å². The predicted molar refractivity (Wildman–Crippen MR) is 94.6 cm³/mol. The Hall–Kier alpha value is -2.74. The quantitative estimate of drug-likeness (QED) is 0.853. The summed E-state index contributed by atoms with van der Waals surface area (Å²) in [6, 6.07) is 5.52. The van der Waals surface area contributed by atoms with Gasteiger partial charge in [-0.2, -0.15) is 0 Å². The van der Waals surface area contributed by atoms with E-state index in [4.69, 9.17) is 6.57 Å².